The van der Waals surface area contributed by atoms with Crippen LogP contribution in [0.3, 0.4) is 0 Å². The number of rotatable bonds is 2. The van der Waals surface area contributed by atoms with E-state index in [1.807, 2.05) is 23.8 Å². The van der Waals surface area contributed by atoms with E-state index in [1.165, 1.54) is 0 Å². The molecule has 92 valence electrons. The average Bonchev–Trinajstić information content (AvgIpc) is 2.73. The summed E-state index contributed by atoms with van der Waals surface area (Å²) < 4.78 is 0. The molecule has 5 heteroatoms. The lowest BCUT2D eigenvalue weighted by molar-refractivity contribution is -0.135. The Kier molecular flexibility index (Phi) is 3.47. The first-order valence-electron chi connectivity index (χ1n) is 5.69. The first-order chi connectivity index (χ1) is 8.08. The van der Waals surface area contributed by atoms with Gasteiger partial charge in [0.1, 0.15) is 6.04 Å². The second-order valence-electron chi connectivity index (χ2n) is 4.44. The van der Waals surface area contributed by atoms with Crippen LogP contribution in [0.25, 0.3) is 0 Å². The number of amides is 2. The fraction of sp³-hybridized carbons (Fsp3) is 0.500. The van der Waals surface area contributed by atoms with Crippen molar-refractivity contribution in [2.24, 2.45) is 0 Å². The highest BCUT2D eigenvalue weighted by Crippen LogP contribution is 2.17. The zero-order valence-electron chi connectivity index (χ0n) is 9.97. The molecule has 1 aliphatic heterocycles. The van der Waals surface area contributed by atoms with Crippen LogP contribution < -0.4 is 5.32 Å². The van der Waals surface area contributed by atoms with E-state index in [1.54, 1.807) is 23.2 Å². The Morgan fingerprint density at radius 1 is 1.47 bits per heavy atom. The number of hydrogen-bond acceptors (Lipinski definition) is 3. The molecule has 2 amide bonds. The lowest BCUT2D eigenvalue weighted by Crippen LogP contribution is -2.44. The van der Waals surface area contributed by atoms with E-state index in [0.29, 0.717) is 13.0 Å². The minimum absolute atomic E-state index is 0.00505. The lowest BCUT2D eigenvalue weighted by Gasteiger charge is -2.27. The van der Waals surface area contributed by atoms with E-state index in [2.05, 4.69) is 5.32 Å². The van der Waals surface area contributed by atoms with Crippen LogP contribution >= 0.6 is 11.3 Å². The molecule has 2 unspecified atom stereocenters. The van der Waals surface area contributed by atoms with Crippen LogP contribution in [-0.4, -0.2) is 28.8 Å². The van der Waals surface area contributed by atoms with Crippen LogP contribution in [0.1, 0.15) is 25.8 Å². The van der Waals surface area contributed by atoms with E-state index in [4.69, 9.17) is 0 Å². The first-order valence-corrected chi connectivity index (χ1v) is 6.63. The lowest BCUT2D eigenvalue weighted by atomic mass is 10.1. The molecule has 0 aromatic carbocycles. The minimum atomic E-state index is -0.425. The van der Waals surface area contributed by atoms with Crippen molar-refractivity contribution in [2.45, 2.75) is 38.9 Å². The van der Waals surface area contributed by atoms with Crippen molar-refractivity contribution in [3.8, 4) is 0 Å². The second kappa shape index (κ2) is 4.87. The standard InChI is InChI=1S/C12H16N2O2S/c1-8-5-11(15)13-9(2)12(16)14(8)6-10-3-4-17-7-10/h3-4,7-9H,5-6H2,1-2H3,(H,13,15). The Morgan fingerprint density at radius 3 is 2.88 bits per heavy atom. The van der Waals surface area contributed by atoms with Gasteiger partial charge in [-0.05, 0) is 36.2 Å². The average molecular weight is 252 g/mol. The predicted octanol–water partition coefficient (Wildman–Crippen LogP) is 1.37. The topological polar surface area (TPSA) is 49.4 Å². The van der Waals surface area contributed by atoms with Crippen LogP contribution in [0.5, 0.6) is 0 Å². The molecular weight excluding hydrogens is 236 g/mol. The van der Waals surface area contributed by atoms with Gasteiger partial charge in [-0.2, -0.15) is 11.3 Å². The Morgan fingerprint density at radius 2 is 2.24 bits per heavy atom. The highest BCUT2D eigenvalue weighted by atomic mass is 32.1. The molecule has 1 fully saturated rings. The summed E-state index contributed by atoms with van der Waals surface area (Å²) in [5.41, 5.74) is 1.12. The molecule has 1 aromatic heterocycles. The molecule has 4 nitrogen and oxygen atoms in total. The predicted molar refractivity (Wildman–Crippen MR) is 66.6 cm³/mol. The van der Waals surface area contributed by atoms with Crippen molar-refractivity contribution in [3.05, 3.63) is 22.4 Å². The maximum Gasteiger partial charge on any atom is 0.245 e. The largest absolute Gasteiger partial charge is 0.345 e. The third-order valence-corrected chi connectivity index (χ3v) is 3.71. The van der Waals surface area contributed by atoms with Crippen molar-refractivity contribution in [1.82, 2.24) is 10.2 Å². The van der Waals surface area contributed by atoms with Gasteiger partial charge in [0.05, 0.1) is 0 Å². The molecule has 1 aliphatic rings. The van der Waals surface area contributed by atoms with Crippen LogP contribution in [-0.2, 0) is 16.1 Å². The summed E-state index contributed by atoms with van der Waals surface area (Å²) in [7, 11) is 0. The first kappa shape index (κ1) is 12.1. The summed E-state index contributed by atoms with van der Waals surface area (Å²) in [4.78, 5) is 25.4. The second-order valence-corrected chi connectivity index (χ2v) is 5.22. The van der Waals surface area contributed by atoms with Crippen LogP contribution in [0, 0.1) is 0 Å². The van der Waals surface area contributed by atoms with Crippen molar-refractivity contribution in [2.75, 3.05) is 0 Å². The van der Waals surface area contributed by atoms with Gasteiger partial charge in [0, 0.05) is 19.0 Å². The Balaban J connectivity index is 2.17. The van der Waals surface area contributed by atoms with Crippen molar-refractivity contribution >= 4 is 23.2 Å². The van der Waals surface area contributed by atoms with Gasteiger partial charge in [0.15, 0.2) is 0 Å². The summed E-state index contributed by atoms with van der Waals surface area (Å²) in [5.74, 6) is -0.0549. The van der Waals surface area contributed by atoms with E-state index in [0.717, 1.165) is 5.56 Å². The number of nitrogens with zero attached hydrogens (tertiary/aromatic N) is 1. The highest BCUT2D eigenvalue weighted by molar-refractivity contribution is 7.07. The molecule has 0 saturated carbocycles. The van der Waals surface area contributed by atoms with Gasteiger partial charge in [0.25, 0.3) is 0 Å². The summed E-state index contributed by atoms with van der Waals surface area (Å²) in [5, 5.41) is 6.73. The fourth-order valence-electron chi connectivity index (χ4n) is 2.02. The highest BCUT2D eigenvalue weighted by Gasteiger charge is 2.31. The van der Waals surface area contributed by atoms with Crippen molar-refractivity contribution in [1.29, 1.82) is 0 Å². The maximum atomic E-state index is 12.1. The summed E-state index contributed by atoms with van der Waals surface area (Å²) in [6, 6.07) is 1.54. The number of hydrogen-bond donors (Lipinski definition) is 1. The Hall–Kier alpha value is -1.36. The molecule has 1 saturated heterocycles. The minimum Gasteiger partial charge on any atom is -0.345 e. The van der Waals surface area contributed by atoms with E-state index in [-0.39, 0.29) is 17.9 Å². The van der Waals surface area contributed by atoms with Gasteiger partial charge >= 0.3 is 0 Å². The summed E-state index contributed by atoms with van der Waals surface area (Å²) >= 11 is 1.62. The van der Waals surface area contributed by atoms with Gasteiger partial charge in [-0.15, -0.1) is 0 Å². The molecular formula is C12H16N2O2S. The van der Waals surface area contributed by atoms with Gasteiger partial charge < -0.3 is 10.2 Å². The number of carbonyl (C=O) groups excluding carboxylic acids is 2. The maximum absolute atomic E-state index is 12.1. The van der Waals surface area contributed by atoms with Gasteiger partial charge in [0.2, 0.25) is 11.8 Å². The molecule has 0 aliphatic carbocycles. The molecule has 1 aromatic rings. The normalized spacial score (nSPS) is 25.6. The van der Waals surface area contributed by atoms with Crippen LogP contribution in [0.15, 0.2) is 16.8 Å². The molecule has 0 spiro atoms. The molecule has 2 atom stereocenters. The number of carbonyl (C=O) groups is 2. The molecule has 17 heavy (non-hydrogen) atoms. The summed E-state index contributed by atoms with van der Waals surface area (Å²) in [6.45, 7) is 4.24. The third kappa shape index (κ3) is 2.66. The number of nitrogens with one attached hydrogen (secondary N) is 1. The molecule has 1 N–H and O–H groups in total. The summed E-state index contributed by atoms with van der Waals surface area (Å²) in [6.07, 6.45) is 0.375. The fourth-order valence-corrected chi connectivity index (χ4v) is 2.68. The van der Waals surface area contributed by atoms with E-state index in [9.17, 15) is 9.59 Å². The van der Waals surface area contributed by atoms with Crippen LogP contribution in [0.2, 0.25) is 0 Å². The van der Waals surface area contributed by atoms with E-state index >= 15 is 0 Å². The Labute approximate surface area is 105 Å². The molecule has 2 rings (SSSR count). The van der Waals surface area contributed by atoms with Gasteiger partial charge in [-0.1, -0.05) is 0 Å². The molecule has 2 heterocycles. The number of thiophene rings is 1. The quantitative estimate of drug-likeness (QED) is 0.864. The third-order valence-electron chi connectivity index (χ3n) is 2.98. The van der Waals surface area contributed by atoms with Crippen molar-refractivity contribution < 1.29 is 9.59 Å². The smallest absolute Gasteiger partial charge is 0.245 e. The van der Waals surface area contributed by atoms with Gasteiger partial charge in [-0.3, -0.25) is 9.59 Å². The SMILES string of the molecule is CC1NC(=O)CC(C)N(Cc2ccsc2)C1=O. The van der Waals surface area contributed by atoms with Crippen molar-refractivity contribution in [3.63, 3.8) is 0 Å². The molecule has 0 radical (unpaired) electrons. The zero-order chi connectivity index (χ0) is 12.4. The zero-order valence-corrected chi connectivity index (χ0v) is 10.8. The van der Waals surface area contributed by atoms with Crippen LogP contribution in [0.4, 0.5) is 0 Å². The monoisotopic (exact) mass is 252 g/mol. The Bertz CT molecular complexity index is 416. The van der Waals surface area contributed by atoms with Gasteiger partial charge in [-0.25, -0.2) is 0 Å². The van der Waals surface area contributed by atoms with E-state index < -0.39 is 6.04 Å². The molecule has 0 bridgehead atoms.